The van der Waals surface area contributed by atoms with Gasteiger partial charge in [-0.05, 0) is 39.3 Å². The van der Waals surface area contributed by atoms with E-state index in [-0.39, 0.29) is 23.5 Å². The topological polar surface area (TPSA) is 34.1 Å². The fraction of sp³-hybridized carbons (Fsp3) is 0.615. The number of hydrogen-bond donors (Lipinski definition) is 1. The second kappa shape index (κ2) is 4.70. The summed E-state index contributed by atoms with van der Waals surface area (Å²) in [4.78, 5) is 4.10. The van der Waals surface area contributed by atoms with Gasteiger partial charge in [0, 0.05) is 18.2 Å². The van der Waals surface area contributed by atoms with Gasteiger partial charge in [-0.3, -0.25) is 4.98 Å². The van der Waals surface area contributed by atoms with Gasteiger partial charge in [-0.1, -0.05) is 0 Å². The zero-order valence-electron chi connectivity index (χ0n) is 10.5. The Balaban J connectivity index is 2.18. The van der Waals surface area contributed by atoms with Crippen LogP contribution in [0.5, 0.6) is 0 Å². The van der Waals surface area contributed by atoms with E-state index in [9.17, 15) is 4.39 Å². The van der Waals surface area contributed by atoms with E-state index < -0.39 is 0 Å². The number of rotatable bonds is 1. The molecule has 0 aliphatic carbocycles. The summed E-state index contributed by atoms with van der Waals surface area (Å²) < 4.78 is 18.7. The highest BCUT2D eigenvalue weighted by Crippen LogP contribution is 2.26. The number of aromatic nitrogens is 1. The Morgan fingerprint density at radius 3 is 2.88 bits per heavy atom. The predicted octanol–water partition coefficient (Wildman–Crippen LogP) is 2.44. The molecule has 0 spiro atoms. The van der Waals surface area contributed by atoms with Crippen molar-refractivity contribution in [2.75, 3.05) is 6.61 Å². The van der Waals surface area contributed by atoms with Gasteiger partial charge in [-0.15, -0.1) is 0 Å². The average molecular weight is 238 g/mol. The molecule has 1 aromatic rings. The van der Waals surface area contributed by atoms with Gasteiger partial charge in [0.1, 0.15) is 11.9 Å². The van der Waals surface area contributed by atoms with E-state index in [4.69, 9.17) is 4.74 Å². The van der Waals surface area contributed by atoms with E-state index >= 15 is 0 Å². The molecular formula is C13H19FN2O. The van der Waals surface area contributed by atoms with Crippen molar-refractivity contribution >= 4 is 0 Å². The molecular weight excluding hydrogens is 219 g/mol. The molecule has 1 saturated heterocycles. The third-order valence-electron chi connectivity index (χ3n) is 3.14. The lowest BCUT2D eigenvalue weighted by molar-refractivity contribution is 0.0430. The van der Waals surface area contributed by atoms with E-state index in [1.54, 1.807) is 6.07 Å². The molecule has 2 rings (SSSR count). The number of pyridine rings is 1. The lowest BCUT2D eigenvalue weighted by Gasteiger charge is -2.28. The Hall–Kier alpha value is -1.00. The molecule has 0 radical (unpaired) electrons. The van der Waals surface area contributed by atoms with Crippen molar-refractivity contribution in [3.63, 3.8) is 0 Å². The smallest absolute Gasteiger partial charge is 0.141 e. The van der Waals surface area contributed by atoms with Crippen molar-refractivity contribution in [1.29, 1.82) is 0 Å². The van der Waals surface area contributed by atoms with Crippen LogP contribution in [-0.4, -0.2) is 23.2 Å². The van der Waals surface area contributed by atoms with Crippen molar-refractivity contribution in [3.05, 3.63) is 29.8 Å². The van der Waals surface area contributed by atoms with Crippen LogP contribution in [0.3, 0.4) is 0 Å². The summed E-state index contributed by atoms with van der Waals surface area (Å²) >= 11 is 0. The van der Waals surface area contributed by atoms with E-state index in [1.807, 2.05) is 0 Å². The van der Waals surface area contributed by atoms with E-state index in [0.29, 0.717) is 6.61 Å². The summed E-state index contributed by atoms with van der Waals surface area (Å²) in [7, 11) is 0. The number of hydrogen-bond acceptors (Lipinski definition) is 3. The second-order valence-electron chi connectivity index (χ2n) is 5.26. The van der Waals surface area contributed by atoms with Crippen molar-refractivity contribution in [2.45, 2.75) is 44.9 Å². The van der Waals surface area contributed by atoms with Crippen molar-refractivity contribution in [1.82, 2.24) is 10.3 Å². The average Bonchev–Trinajstić information content (AvgIpc) is 2.37. The van der Waals surface area contributed by atoms with Crippen LogP contribution in [-0.2, 0) is 4.74 Å². The Labute approximate surface area is 101 Å². The molecule has 0 bridgehead atoms. The van der Waals surface area contributed by atoms with E-state index in [0.717, 1.165) is 12.1 Å². The highest BCUT2D eigenvalue weighted by molar-refractivity contribution is 5.11. The molecule has 94 valence electrons. The Morgan fingerprint density at radius 1 is 1.47 bits per heavy atom. The van der Waals surface area contributed by atoms with Gasteiger partial charge in [0.2, 0.25) is 0 Å². The standard InChI is InChI=1S/C13H19FN2O/c1-9-12(11-5-4-10(14)8-15-11)17-7-6-13(2,3)16-9/h4-5,8-9,12,16H,6-7H2,1-3H3. The van der Waals surface area contributed by atoms with Crippen molar-refractivity contribution in [3.8, 4) is 0 Å². The summed E-state index contributed by atoms with van der Waals surface area (Å²) in [5.41, 5.74) is 0.845. The minimum absolute atomic E-state index is 0.0637. The first-order chi connectivity index (χ1) is 7.98. The van der Waals surface area contributed by atoms with Crippen LogP contribution >= 0.6 is 0 Å². The number of ether oxygens (including phenoxy) is 1. The van der Waals surface area contributed by atoms with Gasteiger partial charge in [-0.2, -0.15) is 0 Å². The molecule has 17 heavy (non-hydrogen) atoms. The first kappa shape index (κ1) is 12.5. The van der Waals surface area contributed by atoms with Gasteiger partial charge >= 0.3 is 0 Å². The normalized spacial score (nSPS) is 28.7. The van der Waals surface area contributed by atoms with Gasteiger partial charge in [0.25, 0.3) is 0 Å². The minimum atomic E-state index is -0.316. The van der Waals surface area contributed by atoms with Gasteiger partial charge in [0.15, 0.2) is 0 Å². The SMILES string of the molecule is CC1NC(C)(C)CCOC1c1ccc(F)cn1. The quantitative estimate of drug-likeness (QED) is 0.816. The molecule has 1 aliphatic heterocycles. The van der Waals surface area contributed by atoms with Gasteiger partial charge in [0.05, 0.1) is 11.9 Å². The molecule has 1 aliphatic rings. The largest absolute Gasteiger partial charge is 0.370 e. The maximum absolute atomic E-state index is 12.8. The first-order valence-corrected chi connectivity index (χ1v) is 5.99. The Kier molecular flexibility index (Phi) is 3.45. The van der Waals surface area contributed by atoms with E-state index in [1.165, 1.54) is 12.3 Å². The monoisotopic (exact) mass is 238 g/mol. The Morgan fingerprint density at radius 2 is 2.24 bits per heavy atom. The molecule has 3 nitrogen and oxygen atoms in total. The highest BCUT2D eigenvalue weighted by atomic mass is 19.1. The minimum Gasteiger partial charge on any atom is -0.370 e. The molecule has 2 atom stereocenters. The van der Waals surface area contributed by atoms with Crippen LogP contribution in [0, 0.1) is 5.82 Å². The highest BCUT2D eigenvalue weighted by Gasteiger charge is 2.31. The third-order valence-corrected chi connectivity index (χ3v) is 3.14. The number of halogens is 1. The van der Waals surface area contributed by atoms with Gasteiger partial charge in [-0.25, -0.2) is 4.39 Å². The molecule has 0 amide bonds. The summed E-state index contributed by atoms with van der Waals surface area (Å²) in [6.07, 6.45) is 2.08. The van der Waals surface area contributed by atoms with Crippen LogP contribution < -0.4 is 5.32 Å². The third kappa shape index (κ3) is 3.01. The zero-order valence-corrected chi connectivity index (χ0v) is 10.5. The molecule has 0 saturated carbocycles. The van der Waals surface area contributed by atoms with Crippen molar-refractivity contribution < 1.29 is 9.13 Å². The maximum Gasteiger partial charge on any atom is 0.141 e. The van der Waals surface area contributed by atoms with Crippen LogP contribution in [0.4, 0.5) is 4.39 Å². The fourth-order valence-electron chi connectivity index (χ4n) is 2.25. The number of nitrogens with one attached hydrogen (secondary N) is 1. The van der Waals surface area contributed by atoms with Crippen LogP contribution in [0.25, 0.3) is 0 Å². The zero-order chi connectivity index (χ0) is 12.5. The summed E-state index contributed by atoms with van der Waals surface area (Å²) in [6.45, 7) is 7.08. The Bertz CT molecular complexity index is 378. The lowest BCUT2D eigenvalue weighted by atomic mass is 9.99. The molecule has 1 N–H and O–H groups in total. The van der Waals surface area contributed by atoms with Crippen LogP contribution in [0.15, 0.2) is 18.3 Å². The van der Waals surface area contributed by atoms with Crippen molar-refractivity contribution in [2.24, 2.45) is 0 Å². The molecule has 4 heteroatoms. The summed E-state index contributed by atoms with van der Waals surface area (Å²) in [5, 5.41) is 3.52. The fourth-order valence-corrected chi connectivity index (χ4v) is 2.25. The molecule has 2 unspecified atom stereocenters. The van der Waals surface area contributed by atoms with E-state index in [2.05, 4.69) is 31.1 Å². The molecule has 1 fully saturated rings. The summed E-state index contributed by atoms with van der Waals surface area (Å²) in [6, 6.07) is 3.27. The molecule has 1 aromatic heterocycles. The molecule has 0 aromatic carbocycles. The maximum atomic E-state index is 12.8. The number of nitrogens with zero attached hydrogens (tertiary/aromatic N) is 1. The van der Waals surface area contributed by atoms with Crippen LogP contribution in [0.2, 0.25) is 0 Å². The predicted molar refractivity (Wildman–Crippen MR) is 64.2 cm³/mol. The molecule has 2 heterocycles. The van der Waals surface area contributed by atoms with Gasteiger partial charge < -0.3 is 10.1 Å². The lowest BCUT2D eigenvalue weighted by Crippen LogP contribution is -2.45. The van der Waals surface area contributed by atoms with Crippen LogP contribution in [0.1, 0.15) is 39.0 Å². The first-order valence-electron chi connectivity index (χ1n) is 5.99. The second-order valence-corrected chi connectivity index (χ2v) is 5.26. The summed E-state index contributed by atoms with van der Waals surface area (Å²) in [5.74, 6) is -0.316.